The van der Waals surface area contributed by atoms with Crippen LogP contribution in [-0.4, -0.2) is 28.0 Å². The molecule has 0 bridgehead atoms. The van der Waals surface area contributed by atoms with Crippen LogP contribution in [0.5, 0.6) is 0 Å². The Morgan fingerprint density at radius 3 is 2.80 bits per heavy atom. The number of carboxylic acid groups (broad SMARTS) is 1. The number of aliphatic carboxylic acids is 1. The van der Waals surface area contributed by atoms with Crippen molar-refractivity contribution in [2.75, 3.05) is 0 Å². The fourth-order valence-corrected chi connectivity index (χ4v) is 1.11. The van der Waals surface area contributed by atoms with Gasteiger partial charge < -0.3 is 10.4 Å². The average Bonchev–Trinajstić information content (AvgIpc) is 2.17. The summed E-state index contributed by atoms with van der Waals surface area (Å²) in [6.45, 7) is 1.63. The van der Waals surface area contributed by atoms with Crippen molar-refractivity contribution in [1.82, 2.24) is 10.3 Å². The van der Waals surface area contributed by atoms with Crippen molar-refractivity contribution in [2.45, 2.75) is 19.4 Å². The largest absolute Gasteiger partial charge is 0.481 e. The highest BCUT2D eigenvalue weighted by molar-refractivity contribution is 5.92. The van der Waals surface area contributed by atoms with Gasteiger partial charge in [0.2, 0.25) is 0 Å². The molecule has 0 fully saturated rings. The van der Waals surface area contributed by atoms with Crippen LogP contribution in [0.3, 0.4) is 0 Å². The number of amides is 1. The smallest absolute Gasteiger partial charge is 0.305 e. The van der Waals surface area contributed by atoms with Crippen LogP contribution in [0.25, 0.3) is 0 Å². The van der Waals surface area contributed by atoms with Crippen molar-refractivity contribution in [1.29, 1.82) is 0 Å². The van der Waals surface area contributed by atoms with Crippen molar-refractivity contribution in [3.63, 3.8) is 0 Å². The van der Waals surface area contributed by atoms with E-state index in [9.17, 15) is 9.59 Å². The van der Waals surface area contributed by atoms with Crippen molar-refractivity contribution in [3.05, 3.63) is 30.1 Å². The normalized spacial score (nSPS) is 11.8. The van der Waals surface area contributed by atoms with Crippen LogP contribution < -0.4 is 5.32 Å². The molecule has 5 nitrogen and oxygen atoms in total. The molecule has 0 aliphatic rings. The van der Waals surface area contributed by atoms with Crippen molar-refractivity contribution in [3.8, 4) is 0 Å². The Morgan fingerprint density at radius 1 is 1.53 bits per heavy atom. The van der Waals surface area contributed by atoms with E-state index in [2.05, 4.69) is 10.3 Å². The van der Waals surface area contributed by atoms with Gasteiger partial charge in [-0.25, -0.2) is 0 Å². The number of hydrogen-bond acceptors (Lipinski definition) is 3. The Balaban J connectivity index is 2.53. The molecule has 0 saturated heterocycles. The Kier molecular flexibility index (Phi) is 3.79. The fraction of sp³-hybridized carbons (Fsp3) is 0.300. The zero-order valence-corrected chi connectivity index (χ0v) is 8.30. The number of pyridine rings is 1. The zero-order chi connectivity index (χ0) is 11.3. The number of carbonyl (C=O) groups is 2. The molecule has 2 N–H and O–H groups in total. The van der Waals surface area contributed by atoms with Gasteiger partial charge in [0.25, 0.3) is 5.91 Å². The minimum Gasteiger partial charge on any atom is -0.481 e. The third kappa shape index (κ3) is 3.76. The van der Waals surface area contributed by atoms with Gasteiger partial charge in [-0.05, 0) is 19.1 Å². The van der Waals surface area contributed by atoms with Crippen molar-refractivity contribution < 1.29 is 14.7 Å². The van der Waals surface area contributed by atoms with Gasteiger partial charge in [-0.3, -0.25) is 14.6 Å². The lowest BCUT2D eigenvalue weighted by Crippen LogP contribution is -2.34. The molecule has 0 aliphatic heterocycles. The predicted molar refractivity (Wildman–Crippen MR) is 53.4 cm³/mol. The number of carbonyl (C=O) groups excluding carboxylic acids is 1. The second-order valence-electron chi connectivity index (χ2n) is 3.19. The summed E-state index contributed by atoms with van der Waals surface area (Å²) in [7, 11) is 0. The van der Waals surface area contributed by atoms with E-state index in [1.54, 1.807) is 25.1 Å². The number of hydrogen-bond donors (Lipinski definition) is 2. The molecule has 1 rings (SSSR count). The number of rotatable bonds is 4. The van der Waals surface area contributed by atoms with Crippen LogP contribution in [0.2, 0.25) is 0 Å². The molecule has 0 spiro atoms. The van der Waals surface area contributed by atoms with Crippen LogP contribution in [0, 0.1) is 0 Å². The summed E-state index contributed by atoms with van der Waals surface area (Å²) in [5.74, 6) is -1.30. The topological polar surface area (TPSA) is 79.3 Å². The van der Waals surface area contributed by atoms with E-state index in [1.165, 1.54) is 6.20 Å². The molecule has 1 unspecified atom stereocenters. The van der Waals surface area contributed by atoms with Crippen LogP contribution >= 0.6 is 0 Å². The maximum absolute atomic E-state index is 11.5. The fourth-order valence-electron chi connectivity index (χ4n) is 1.11. The van der Waals surface area contributed by atoms with Crippen LogP contribution in [0.15, 0.2) is 24.4 Å². The summed E-state index contributed by atoms with van der Waals surface area (Å²) in [6, 6.07) is 4.57. The van der Waals surface area contributed by atoms with Gasteiger partial charge in [-0.15, -0.1) is 0 Å². The predicted octanol–water partition coefficient (Wildman–Crippen LogP) is 0.675. The molecule has 80 valence electrons. The first-order chi connectivity index (χ1) is 7.09. The maximum atomic E-state index is 11.5. The van der Waals surface area contributed by atoms with Gasteiger partial charge in [-0.1, -0.05) is 6.07 Å². The van der Waals surface area contributed by atoms with E-state index in [1.807, 2.05) is 0 Å². The Labute approximate surface area is 87.1 Å². The molecule has 0 saturated carbocycles. The van der Waals surface area contributed by atoms with Crippen molar-refractivity contribution in [2.24, 2.45) is 0 Å². The molecule has 1 aromatic heterocycles. The van der Waals surface area contributed by atoms with Crippen molar-refractivity contribution >= 4 is 11.9 Å². The Morgan fingerprint density at radius 2 is 2.27 bits per heavy atom. The highest BCUT2D eigenvalue weighted by Gasteiger charge is 2.12. The summed E-state index contributed by atoms with van der Waals surface area (Å²) >= 11 is 0. The number of nitrogens with zero attached hydrogens (tertiary/aromatic N) is 1. The first-order valence-corrected chi connectivity index (χ1v) is 4.53. The minimum atomic E-state index is -0.941. The lowest BCUT2D eigenvalue weighted by molar-refractivity contribution is -0.137. The molecule has 1 heterocycles. The van der Waals surface area contributed by atoms with Gasteiger partial charge in [-0.2, -0.15) is 0 Å². The molecule has 1 amide bonds. The first kappa shape index (κ1) is 11.2. The third-order valence-electron chi connectivity index (χ3n) is 1.76. The molecule has 15 heavy (non-hydrogen) atoms. The van der Waals surface area contributed by atoms with E-state index in [0.29, 0.717) is 0 Å². The van der Waals surface area contributed by atoms with Gasteiger partial charge >= 0.3 is 5.97 Å². The van der Waals surface area contributed by atoms with Gasteiger partial charge in [0.1, 0.15) is 5.69 Å². The standard InChI is InChI=1S/C10H12N2O3/c1-7(6-9(13)14)12-10(15)8-4-2-3-5-11-8/h2-5,7H,6H2,1H3,(H,12,15)(H,13,14). The monoisotopic (exact) mass is 208 g/mol. The molecule has 5 heteroatoms. The van der Waals surface area contributed by atoms with E-state index in [-0.39, 0.29) is 18.0 Å². The molecule has 1 atom stereocenters. The first-order valence-electron chi connectivity index (χ1n) is 4.53. The maximum Gasteiger partial charge on any atom is 0.305 e. The van der Waals surface area contributed by atoms with Crippen LogP contribution in [-0.2, 0) is 4.79 Å². The number of carboxylic acids is 1. The molecule has 0 radical (unpaired) electrons. The summed E-state index contributed by atoms with van der Waals surface area (Å²) in [5, 5.41) is 11.0. The lowest BCUT2D eigenvalue weighted by Gasteiger charge is -2.10. The SMILES string of the molecule is CC(CC(=O)O)NC(=O)c1ccccn1. The highest BCUT2D eigenvalue weighted by atomic mass is 16.4. The summed E-state index contributed by atoms with van der Waals surface area (Å²) < 4.78 is 0. The van der Waals surface area contributed by atoms with E-state index in [4.69, 9.17) is 5.11 Å². The summed E-state index contributed by atoms with van der Waals surface area (Å²) in [6.07, 6.45) is 1.41. The quantitative estimate of drug-likeness (QED) is 0.762. The van der Waals surface area contributed by atoms with Gasteiger partial charge in [0, 0.05) is 12.2 Å². The molecular formula is C10H12N2O3. The average molecular weight is 208 g/mol. The Bertz CT molecular complexity index is 351. The third-order valence-corrected chi connectivity index (χ3v) is 1.76. The summed E-state index contributed by atoms with van der Waals surface area (Å²) in [5.41, 5.74) is 0.287. The number of nitrogens with one attached hydrogen (secondary N) is 1. The highest BCUT2D eigenvalue weighted by Crippen LogP contribution is 1.96. The van der Waals surface area contributed by atoms with Gasteiger partial charge in [0.05, 0.1) is 6.42 Å². The molecule has 0 aromatic carbocycles. The Hall–Kier alpha value is -1.91. The van der Waals surface area contributed by atoms with E-state index < -0.39 is 12.0 Å². The van der Waals surface area contributed by atoms with E-state index >= 15 is 0 Å². The minimum absolute atomic E-state index is 0.0986. The zero-order valence-electron chi connectivity index (χ0n) is 8.30. The second kappa shape index (κ2) is 5.09. The second-order valence-corrected chi connectivity index (χ2v) is 3.19. The van der Waals surface area contributed by atoms with Gasteiger partial charge in [0.15, 0.2) is 0 Å². The molecular weight excluding hydrogens is 196 g/mol. The van der Waals surface area contributed by atoms with Crippen LogP contribution in [0.4, 0.5) is 0 Å². The lowest BCUT2D eigenvalue weighted by atomic mass is 10.2. The van der Waals surface area contributed by atoms with E-state index in [0.717, 1.165) is 0 Å². The molecule has 0 aliphatic carbocycles. The number of aromatic nitrogens is 1. The molecule has 1 aromatic rings. The van der Waals surface area contributed by atoms with Crippen LogP contribution in [0.1, 0.15) is 23.8 Å². The summed E-state index contributed by atoms with van der Waals surface area (Å²) in [4.78, 5) is 25.7.